The second-order valence-corrected chi connectivity index (χ2v) is 23.6. The lowest BCUT2D eigenvalue weighted by Crippen LogP contribution is -2.30. The molecule has 0 saturated heterocycles. The first-order chi connectivity index (χ1) is 36.7. The van der Waals surface area contributed by atoms with E-state index < -0.39 is 97.5 Å². The molecule has 0 aromatic heterocycles. The Morgan fingerprint density at radius 2 is 0.526 bits per heavy atom. The second kappa shape index (κ2) is 52.4. The summed E-state index contributed by atoms with van der Waals surface area (Å²) in [4.78, 5) is 71.7. The SMILES string of the molecule is CCCCCCCCCCCCC(=O)O[C@H](COC(=O)CCCCCCCCCCC)COP(=O)(O)OC[C@@H](O)COP(=O)(O)OC[C@@H](COC(=O)CCCCCCCCCC)OC(=O)CCCCCCCCCCC. The van der Waals surface area contributed by atoms with E-state index in [1.807, 2.05) is 0 Å². The third-order valence-corrected chi connectivity index (χ3v) is 15.0. The molecule has 19 heteroatoms. The van der Waals surface area contributed by atoms with Crippen LogP contribution in [0.5, 0.6) is 0 Å². The molecule has 0 aromatic carbocycles. The molecule has 450 valence electrons. The normalized spacial score (nSPS) is 14.4. The molecule has 0 heterocycles. The van der Waals surface area contributed by atoms with E-state index in [1.54, 1.807) is 0 Å². The monoisotopic (exact) mass is 1130 g/mol. The summed E-state index contributed by atoms with van der Waals surface area (Å²) < 4.78 is 67.5. The van der Waals surface area contributed by atoms with E-state index in [0.29, 0.717) is 25.7 Å². The number of ether oxygens (including phenoxy) is 4. The van der Waals surface area contributed by atoms with E-state index in [1.165, 1.54) is 109 Å². The second-order valence-electron chi connectivity index (χ2n) is 20.7. The number of aliphatic hydroxyl groups is 1. The maximum atomic E-state index is 12.9. The number of aliphatic hydroxyl groups excluding tert-OH is 1. The highest BCUT2D eigenvalue weighted by Gasteiger charge is 2.30. The standard InChI is InChI=1S/C57H110O17P2/c1-5-9-13-17-21-25-28-32-36-40-44-57(62)74-53(48-68-55(60)42-38-34-30-26-22-18-14-10-6-2)50-72-76(65,66)70-46-51(58)45-69-75(63,64)71-49-52(47-67-54(59)41-37-33-29-24-20-16-12-8-4)73-56(61)43-39-35-31-27-23-19-15-11-7-3/h51-53,58H,5-50H2,1-4H3,(H,63,64)(H,65,66)/t51-,52+,53+/m0/s1. The quantitative estimate of drug-likeness (QED) is 0.0222. The summed E-state index contributed by atoms with van der Waals surface area (Å²) in [6.45, 7) is 4.77. The number of carbonyl (C=O) groups excluding carboxylic acids is 4. The van der Waals surface area contributed by atoms with Crippen molar-refractivity contribution in [2.24, 2.45) is 0 Å². The Kier molecular flexibility index (Phi) is 51.1. The Balaban J connectivity index is 5.21. The summed E-state index contributed by atoms with van der Waals surface area (Å²) in [5.74, 6) is -2.15. The summed E-state index contributed by atoms with van der Waals surface area (Å²) in [6.07, 6.45) is 34.8. The Labute approximate surface area is 460 Å². The molecule has 0 bridgehead atoms. The minimum absolute atomic E-state index is 0.106. The topological polar surface area (TPSA) is 237 Å². The highest BCUT2D eigenvalue weighted by atomic mass is 31.2. The van der Waals surface area contributed by atoms with Gasteiger partial charge < -0.3 is 33.8 Å². The van der Waals surface area contributed by atoms with Crippen LogP contribution in [-0.4, -0.2) is 96.7 Å². The highest BCUT2D eigenvalue weighted by molar-refractivity contribution is 7.47. The molecule has 2 unspecified atom stereocenters. The zero-order valence-electron chi connectivity index (χ0n) is 48.2. The molecule has 76 heavy (non-hydrogen) atoms. The van der Waals surface area contributed by atoms with Crippen LogP contribution < -0.4 is 0 Å². The van der Waals surface area contributed by atoms with Gasteiger partial charge in [-0.05, 0) is 25.7 Å². The predicted octanol–water partition coefficient (Wildman–Crippen LogP) is 15.2. The lowest BCUT2D eigenvalue weighted by molar-refractivity contribution is -0.161. The van der Waals surface area contributed by atoms with Gasteiger partial charge in [-0.1, -0.05) is 233 Å². The number of phosphoric ester groups is 2. The van der Waals surface area contributed by atoms with Gasteiger partial charge in [-0.25, -0.2) is 9.13 Å². The van der Waals surface area contributed by atoms with Crippen molar-refractivity contribution in [3.05, 3.63) is 0 Å². The number of rotatable bonds is 58. The van der Waals surface area contributed by atoms with Crippen molar-refractivity contribution in [1.29, 1.82) is 0 Å². The molecule has 0 spiro atoms. The third kappa shape index (κ3) is 51.5. The molecule has 0 radical (unpaired) electrons. The Morgan fingerprint density at radius 1 is 0.316 bits per heavy atom. The molecule has 0 aromatic rings. The molecule has 0 aliphatic heterocycles. The van der Waals surface area contributed by atoms with Gasteiger partial charge >= 0.3 is 39.5 Å². The molecule has 5 atom stereocenters. The van der Waals surface area contributed by atoms with Crippen molar-refractivity contribution in [1.82, 2.24) is 0 Å². The Morgan fingerprint density at radius 3 is 0.776 bits per heavy atom. The smallest absolute Gasteiger partial charge is 0.462 e. The van der Waals surface area contributed by atoms with Crippen LogP contribution in [0, 0.1) is 0 Å². The Hall–Kier alpha value is -1.94. The fraction of sp³-hybridized carbons (Fsp3) is 0.930. The maximum Gasteiger partial charge on any atom is 0.472 e. The molecular formula is C57H110O17P2. The summed E-state index contributed by atoms with van der Waals surface area (Å²) in [5, 5.41) is 10.5. The maximum absolute atomic E-state index is 12.9. The largest absolute Gasteiger partial charge is 0.472 e. The molecule has 3 N–H and O–H groups in total. The van der Waals surface area contributed by atoms with Gasteiger partial charge in [-0.15, -0.1) is 0 Å². The van der Waals surface area contributed by atoms with Gasteiger partial charge in [0.25, 0.3) is 0 Å². The van der Waals surface area contributed by atoms with Crippen molar-refractivity contribution >= 4 is 39.5 Å². The number of hydrogen-bond donors (Lipinski definition) is 3. The number of phosphoric acid groups is 2. The first-order valence-electron chi connectivity index (χ1n) is 30.3. The number of esters is 4. The van der Waals surface area contributed by atoms with Crippen LogP contribution in [0.4, 0.5) is 0 Å². The van der Waals surface area contributed by atoms with Crippen LogP contribution >= 0.6 is 15.6 Å². The fourth-order valence-corrected chi connectivity index (χ4v) is 9.98. The predicted molar refractivity (Wildman–Crippen MR) is 299 cm³/mol. The molecule has 0 amide bonds. The minimum Gasteiger partial charge on any atom is -0.462 e. The molecule has 0 aliphatic rings. The van der Waals surface area contributed by atoms with E-state index in [9.17, 15) is 43.2 Å². The summed E-state index contributed by atoms with van der Waals surface area (Å²) in [7, 11) is -9.86. The van der Waals surface area contributed by atoms with Crippen molar-refractivity contribution in [2.45, 2.75) is 303 Å². The summed E-state index contributed by atoms with van der Waals surface area (Å²) in [6, 6.07) is 0. The van der Waals surface area contributed by atoms with Crippen LogP contribution in [0.1, 0.15) is 285 Å². The van der Waals surface area contributed by atoms with Gasteiger partial charge in [0.05, 0.1) is 26.4 Å². The molecular weight excluding hydrogens is 1020 g/mol. The van der Waals surface area contributed by atoms with E-state index in [0.717, 1.165) is 96.3 Å². The Bertz CT molecular complexity index is 1490. The molecule has 0 fully saturated rings. The lowest BCUT2D eigenvalue weighted by Gasteiger charge is -2.21. The minimum atomic E-state index is -4.93. The van der Waals surface area contributed by atoms with Crippen LogP contribution in [0.2, 0.25) is 0 Å². The number of unbranched alkanes of at least 4 members (excludes halogenated alkanes) is 32. The average Bonchev–Trinajstić information content (AvgIpc) is 3.39. The fourth-order valence-electron chi connectivity index (χ4n) is 8.40. The first-order valence-corrected chi connectivity index (χ1v) is 33.3. The van der Waals surface area contributed by atoms with Gasteiger partial charge in [-0.3, -0.25) is 37.3 Å². The van der Waals surface area contributed by atoms with Crippen molar-refractivity contribution in [2.75, 3.05) is 39.6 Å². The van der Waals surface area contributed by atoms with Gasteiger partial charge in [0.15, 0.2) is 12.2 Å². The van der Waals surface area contributed by atoms with Crippen LogP contribution in [0.15, 0.2) is 0 Å². The molecule has 0 aliphatic carbocycles. The van der Waals surface area contributed by atoms with E-state index in [-0.39, 0.29) is 25.7 Å². The van der Waals surface area contributed by atoms with Gasteiger partial charge in [0.1, 0.15) is 19.3 Å². The third-order valence-electron chi connectivity index (χ3n) is 13.1. The average molecular weight is 1130 g/mol. The first kappa shape index (κ1) is 74.1. The molecule has 17 nitrogen and oxygen atoms in total. The lowest BCUT2D eigenvalue weighted by atomic mass is 10.1. The van der Waals surface area contributed by atoms with E-state index >= 15 is 0 Å². The van der Waals surface area contributed by atoms with Crippen LogP contribution in [0.3, 0.4) is 0 Å². The van der Waals surface area contributed by atoms with Crippen molar-refractivity contribution in [3.63, 3.8) is 0 Å². The zero-order chi connectivity index (χ0) is 56.2. The highest BCUT2D eigenvalue weighted by Crippen LogP contribution is 2.45. The summed E-state index contributed by atoms with van der Waals surface area (Å²) >= 11 is 0. The molecule has 0 rings (SSSR count). The van der Waals surface area contributed by atoms with Gasteiger partial charge in [0.2, 0.25) is 0 Å². The van der Waals surface area contributed by atoms with Gasteiger partial charge in [-0.2, -0.15) is 0 Å². The summed E-state index contributed by atoms with van der Waals surface area (Å²) in [5.41, 5.74) is 0. The van der Waals surface area contributed by atoms with E-state index in [2.05, 4.69) is 27.7 Å². The molecule has 0 saturated carbocycles. The number of hydrogen-bond acceptors (Lipinski definition) is 15. The van der Waals surface area contributed by atoms with Crippen molar-refractivity contribution in [3.8, 4) is 0 Å². The number of carbonyl (C=O) groups is 4. The van der Waals surface area contributed by atoms with E-state index in [4.69, 9.17) is 37.0 Å². The van der Waals surface area contributed by atoms with Gasteiger partial charge in [0, 0.05) is 25.7 Å². The van der Waals surface area contributed by atoms with Crippen molar-refractivity contribution < 1.29 is 80.2 Å². The van der Waals surface area contributed by atoms with Crippen LogP contribution in [0.25, 0.3) is 0 Å². The zero-order valence-corrected chi connectivity index (χ0v) is 50.0. The van der Waals surface area contributed by atoms with Crippen LogP contribution in [-0.2, 0) is 65.4 Å².